The molecule has 0 unspecified atom stereocenters. The monoisotopic (exact) mass is 392 g/mol. The largest absolute Gasteiger partial charge is 0.508 e. The third kappa shape index (κ3) is 6.68. The van der Waals surface area contributed by atoms with Crippen molar-refractivity contribution in [3.8, 4) is 17.2 Å². The van der Waals surface area contributed by atoms with Crippen LogP contribution >= 0.6 is 0 Å². The molecule has 2 rings (SSSR count). The van der Waals surface area contributed by atoms with E-state index in [0.717, 1.165) is 24.0 Å². The molecule has 2 aromatic rings. The minimum atomic E-state index is -0.360. The molecule has 0 aliphatic heterocycles. The van der Waals surface area contributed by atoms with Crippen LogP contribution in [0.1, 0.15) is 55.1 Å². The van der Waals surface area contributed by atoms with Crippen molar-refractivity contribution in [2.45, 2.75) is 40.0 Å². The second-order valence-electron chi connectivity index (χ2n) is 7.32. The van der Waals surface area contributed by atoms with Crippen molar-refractivity contribution in [2.75, 3.05) is 0 Å². The molecule has 0 radical (unpaired) electrons. The fraction of sp³-hybridized carbons (Fsp3) is 0.240. The molecule has 0 aliphatic carbocycles. The maximum atomic E-state index is 12.5. The van der Waals surface area contributed by atoms with Crippen molar-refractivity contribution in [3.63, 3.8) is 0 Å². The third-order valence-electron chi connectivity index (χ3n) is 4.59. The van der Waals surface area contributed by atoms with Crippen molar-refractivity contribution < 1.29 is 20.1 Å². The zero-order chi connectivity index (χ0) is 21.4. The van der Waals surface area contributed by atoms with Gasteiger partial charge in [-0.2, -0.15) is 0 Å². The zero-order valence-corrected chi connectivity index (χ0v) is 17.1. The van der Waals surface area contributed by atoms with E-state index in [4.69, 9.17) is 0 Å². The Bertz CT molecular complexity index is 944. The molecule has 4 nitrogen and oxygen atoms in total. The quantitative estimate of drug-likeness (QED) is 0.295. The Hall–Kier alpha value is -3.27. The van der Waals surface area contributed by atoms with Crippen LogP contribution in [0.3, 0.4) is 0 Å². The number of hydrogen-bond donors (Lipinski definition) is 3. The Morgan fingerprint density at radius 3 is 2.28 bits per heavy atom. The van der Waals surface area contributed by atoms with E-state index in [-0.39, 0.29) is 28.6 Å². The van der Waals surface area contributed by atoms with E-state index in [0.29, 0.717) is 12.0 Å². The van der Waals surface area contributed by atoms with Crippen LogP contribution in [-0.2, 0) is 6.42 Å². The number of aromatic hydroxyl groups is 3. The first-order chi connectivity index (χ1) is 13.8. The Kier molecular flexibility index (Phi) is 7.84. The van der Waals surface area contributed by atoms with E-state index in [1.165, 1.54) is 35.9 Å². The van der Waals surface area contributed by atoms with Gasteiger partial charge in [0.2, 0.25) is 0 Å². The molecular weight excluding hydrogens is 364 g/mol. The summed E-state index contributed by atoms with van der Waals surface area (Å²) in [5.41, 5.74) is 3.67. The predicted molar refractivity (Wildman–Crippen MR) is 117 cm³/mol. The van der Waals surface area contributed by atoms with Gasteiger partial charge in [0.1, 0.15) is 17.2 Å². The fourth-order valence-electron chi connectivity index (χ4n) is 2.84. The van der Waals surface area contributed by atoms with Crippen LogP contribution in [-0.4, -0.2) is 21.1 Å². The molecule has 0 atom stereocenters. The van der Waals surface area contributed by atoms with E-state index in [9.17, 15) is 20.1 Å². The van der Waals surface area contributed by atoms with Gasteiger partial charge in [0.05, 0.1) is 5.56 Å². The molecule has 0 aromatic heterocycles. The van der Waals surface area contributed by atoms with Crippen LogP contribution in [0.2, 0.25) is 0 Å². The minimum Gasteiger partial charge on any atom is -0.508 e. The highest BCUT2D eigenvalue weighted by Gasteiger charge is 2.15. The second-order valence-corrected chi connectivity index (χ2v) is 7.32. The highest BCUT2D eigenvalue weighted by atomic mass is 16.3. The summed E-state index contributed by atoms with van der Waals surface area (Å²) in [6.07, 6.45) is 9.31. The SMILES string of the molecule is CC(C)=CCC/C(C)=C\Cc1c(O)ccc(C(=O)/C=C/c2ccc(O)cc2)c1O. The second kappa shape index (κ2) is 10.3. The molecule has 0 spiro atoms. The van der Waals surface area contributed by atoms with Gasteiger partial charge in [0.25, 0.3) is 0 Å². The number of rotatable bonds is 8. The lowest BCUT2D eigenvalue weighted by atomic mass is 9.99. The van der Waals surface area contributed by atoms with Crippen molar-refractivity contribution in [1.29, 1.82) is 0 Å². The lowest BCUT2D eigenvalue weighted by Crippen LogP contribution is -1.98. The predicted octanol–water partition coefficient (Wildman–Crippen LogP) is 5.93. The number of carbonyl (C=O) groups excluding carboxylic acids is 1. The zero-order valence-electron chi connectivity index (χ0n) is 17.1. The topological polar surface area (TPSA) is 77.8 Å². The first-order valence-corrected chi connectivity index (χ1v) is 9.62. The van der Waals surface area contributed by atoms with E-state index < -0.39 is 0 Å². The van der Waals surface area contributed by atoms with Gasteiger partial charge in [0, 0.05) is 5.56 Å². The van der Waals surface area contributed by atoms with Crippen LogP contribution in [0.5, 0.6) is 17.2 Å². The Balaban J connectivity index is 2.15. The van der Waals surface area contributed by atoms with Crippen LogP contribution < -0.4 is 0 Å². The summed E-state index contributed by atoms with van der Waals surface area (Å²) in [5, 5.41) is 30.0. The lowest BCUT2D eigenvalue weighted by molar-refractivity contribution is 0.104. The molecule has 3 N–H and O–H groups in total. The third-order valence-corrected chi connectivity index (χ3v) is 4.59. The van der Waals surface area contributed by atoms with E-state index in [1.807, 2.05) is 13.0 Å². The fourth-order valence-corrected chi connectivity index (χ4v) is 2.84. The molecule has 152 valence electrons. The van der Waals surface area contributed by atoms with E-state index in [2.05, 4.69) is 19.9 Å². The Morgan fingerprint density at radius 1 is 0.931 bits per heavy atom. The van der Waals surface area contributed by atoms with Crippen LogP contribution in [0.4, 0.5) is 0 Å². The van der Waals surface area contributed by atoms with E-state index in [1.54, 1.807) is 18.2 Å². The highest BCUT2D eigenvalue weighted by Crippen LogP contribution is 2.32. The molecule has 29 heavy (non-hydrogen) atoms. The maximum absolute atomic E-state index is 12.5. The molecule has 0 aliphatic rings. The van der Waals surface area contributed by atoms with Crippen molar-refractivity contribution >= 4 is 11.9 Å². The molecule has 0 saturated carbocycles. The summed E-state index contributed by atoms with van der Waals surface area (Å²) in [4.78, 5) is 12.5. The summed E-state index contributed by atoms with van der Waals surface area (Å²) in [7, 11) is 0. The number of hydrogen-bond acceptors (Lipinski definition) is 4. The Morgan fingerprint density at radius 2 is 1.62 bits per heavy atom. The first-order valence-electron chi connectivity index (χ1n) is 9.62. The van der Waals surface area contributed by atoms with Gasteiger partial charge >= 0.3 is 0 Å². The molecule has 0 heterocycles. The molecule has 4 heteroatoms. The number of phenolic OH excluding ortho intramolecular Hbond substituents is 3. The summed E-state index contributed by atoms with van der Waals surface area (Å²) < 4.78 is 0. The minimum absolute atomic E-state index is 0.0325. The van der Waals surface area contributed by atoms with Gasteiger partial charge < -0.3 is 15.3 Å². The summed E-state index contributed by atoms with van der Waals surface area (Å²) in [6, 6.07) is 9.29. The smallest absolute Gasteiger partial charge is 0.189 e. The summed E-state index contributed by atoms with van der Waals surface area (Å²) in [5.74, 6) is -0.437. The normalized spacial score (nSPS) is 11.6. The van der Waals surface area contributed by atoms with Crippen LogP contribution in [0, 0.1) is 0 Å². The highest BCUT2D eigenvalue weighted by molar-refractivity contribution is 6.09. The molecule has 0 fully saturated rings. The van der Waals surface area contributed by atoms with Gasteiger partial charge in [-0.15, -0.1) is 0 Å². The molecule has 2 aromatic carbocycles. The van der Waals surface area contributed by atoms with Crippen molar-refractivity contribution in [1.82, 2.24) is 0 Å². The average Bonchev–Trinajstić information content (AvgIpc) is 2.67. The van der Waals surface area contributed by atoms with Gasteiger partial charge in [-0.25, -0.2) is 0 Å². The summed E-state index contributed by atoms with van der Waals surface area (Å²) in [6.45, 7) is 6.14. The van der Waals surface area contributed by atoms with E-state index >= 15 is 0 Å². The van der Waals surface area contributed by atoms with Crippen LogP contribution in [0.15, 0.2) is 65.8 Å². The number of allylic oxidation sites excluding steroid dienone is 5. The van der Waals surface area contributed by atoms with Gasteiger partial charge in [-0.05, 0) is 75.9 Å². The van der Waals surface area contributed by atoms with Crippen molar-refractivity contribution in [2.24, 2.45) is 0 Å². The van der Waals surface area contributed by atoms with Gasteiger partial charge in [-0.3, -0.25) is 4.79 Å². The Labute approximate surface area is 172 Å². The van der Waals surface area contributed by atoms with Crippen LogP contribution in [0.25, 0.3) is 6.08 Å². The molecule has 0 bridgehead atoms. The molecule has 0 saturated heterocycles. The first kappa shape index (κ1) is 22.0. The summed E-state index contributed by atoms with van der Waals surface area (Å²) >= 11 is 0. The molecule has 0 amide bonds. The number of benzene rings is 2. The number of phenols is 3. The number of carbonyl (C=O) groups is 1. The number of ketones is 1. The lowest BCUT2D eigenvalue weighted by Gasteiger charge is -2.09. The average molecular weight is 392 g/mol. The van der Waals surface area contributed by atoms with Gasteiger partial charge in [-0.1, -0.05) is 41.5 Å². The standard InChI is InChI=1S/C25H28O4/c1-17(2)5-4-6-18(3)7-13-21-24(28)16-14-22(25(21)29)23(27)15-10-19-8-11-20(26)12-9-19/h5,7-12,14-16,26,28-29H,4,6,13H2,1-3H3/b15-10+,18-7-. The van der Waals surface area contributed by atoms with Gasteiger partial charge in [0.15, 0.2) is 5.78 Å². The molecular formula is C25H28O4. The van der Waals surface area contributed by atoms with Crippen molar-refractivity contribution in [3.05, 3.63) is 82.5 Å². The maximum Gasteiger partial charge on any atom is 0.189 e.